The Morgan fingerprint density at radius 3 is 2.67 bits per heavy atom. The normalized spacial score (nSPS) is 10.8. The van der Waals surface area contributed by atoms with Crippen molar-refractivity contribution in [3.63, 3.8) is 0 Å². The molecule has 0 spiro atoms. The number of rotatable bonds is 6. The average molecular weight is 286 g/mol. The molecule has 2 aromatic rings. The SMILES string of the molecule is CC(C)C(=O)c1ccn(CCc2ccccc2[N+](=O)[O-])c1. The van der Waals surface area contributed by atoms with Crippen molar-refractivity contribution in [1.29, 1.82) is 0 Å². The Morgan fingerprint density at radius 2 is 2.00 bits per heavy atom. The Kier molecular flexibility index (Phi) is 4.52. The van der Waals surface area contributed by atoms with Crippen LogP contribution in [-0.4, -0.2) is 15.3 Å². The molecule has 0 aliphatic rings. The van der Waals surface area contributed by atoms with Gasteiger partial charge < -0.3 is 4.57 Å². The number of hydrogen-bond acceptors (Lipinski definition) is 3. The molecular formula is C16H18N2O3. The first-order chi connectivity index (χ1) is 9.99. The molecule has 0 aliphatic carbocycles. The summed E-state index contributed by atoms with van der Waals surface area (Å²) < 4.78 is 1.90. The van der Waals surface area contributed by atoms with Crippen LogP contribution in [0.25, 0.3) is 0 Å². The molecule has 0 aliphatic heterocycles. The van der Waals surface area contributed by atoms with E-state index in [2.05, 4.69) is 0 Å². The van der Waals surface area contributed by atoms with Crippen LogP contribution in [0.5, 0.6) is 0 Å². The van der Waals surface area contributed by atoms with Gasteiger partial charge in [0.25, 0.3) is 5.69 Å². The third kappa shape index (κ3) is 3.56. The van der Waals surface area contributed by atoms with Gasteiger partial charge in [-0.05, 0) is 12.5 Å². The van der Waals surface area contributed by atoms with Crippen LogP contribution < -0.4 is 0 Å². The largest absolute Gasteiger partial charge is 0.353 e. The smallest absolute Gasteiger partial charge is 0.272 e. The van der Waals surface area contributed by atoms with Crippen LogP contribution in [0.15, 0.2) is 42.7 Å². The molecule has 21 heavy (non-hydrogen) atoms. The van der Waals surface area contributed by atoms with Gasteiger partial charge in [0.15, 0.2) is 5.78 Å². The Balaban J connectivity index is 2.07. The first kappa shape index (κ1) is 15.0. The molecule has 1 heterocycles. The van der Waals surface area contributed by atoms with Crippen molar-refractivity contribution in [2.24, 2.45) is 5.92 Å². The van der Waals surface area contributed by atoms with E-state index in [-0.39, 0.29) is 22.3 Å². The van der Waals surface area contributed by atoms with Crippen molar-refractivity contribution in [2.75, 3.05) is 0 Å². The fourth-order valence-corrected chi connectivity index (χ4v) is 2.21. The first-order valence-electron chi connectivity index (χ1n) is 6.91. The maximum atomic E-state index is 11.9. The van der Waals surface area contributed by atoms with E-state index in [9.17, 15) is 14.9 Å². The molecule has 1 aromatic heterocycles. The van der Waals surface area contributed by atoms with Gasteiger partial charge >= 0.3 is 0 Å². The summed E-state index contributed by atoms with van der Waals surface area (Å²) in [5, 5.41) is 11.0. The molecule has 0 fully saturated rings. The first-order valence-corrected chi connectivity index (χ1v) is 6.91. The molecule has 110 valence electrons. The topological polar surface area (TPSA) is 65.1 Å². The highest BCUT2D eigenvalue weighted by Crippen LogP contribution is 2.19. The number of para-hydroxylation sites is 1. The molecule has 0 saturated heterocycles. The average Bonchev–Trinajstić information content (AvgIpc) is 2.93. The summed E-state index contributed by atoms with van der Waals surface area (Å²) >= 11 is 0. The van der Waals surface area contributed by atoms with Crippen LogP contribution in [-0.2, 0) is 13.0 Å². The highest BCUT2D eigenvalue weighted by atomic mass is 16.6. The Hall–Kier alpha value is -2.43. The van der Waals surface area contributed by atoms with Crippen molar-refractivity contribution in [3.8, 4) is 0 Å². The van der Waals surface area contributed by atoms with Crippen molar-refractivity contribution in [3.05, 3.63) is 64.0 Å². The number of nitrogens with zero attached hydrogens (tertiary/aromatic N) is 2. The maximum absolute atomic E-state index is 11.9. The van der Waals surface area contributed by atoms with Crippen LogP contribution in [0.1, 0.15) is 29.8 Å². The van der Waals surface area contributed by atoms with Crippen molar-refractivity contribution in [1.82, 2.24) is 4.57 Å². The number of nitro groups is 1. The summed E-state index contributed by atoms with van der Waals surface area (Å²) in [6, 6.07) is 8.53. The number of aryl methyl sites for hydroxylation is 2. The van der Waals surface area contributed by atoms with Gasteiger partial charge in [-0.3, -0.25) is 14.9 Å². The summed E-state index contributed by atoms with van der Waals surface area (Å²) in [5.41, 5.74) is 1.53. The molecule has 0 bridgehead atoms. The highest BCUT2D eigenvalue weighted by Gasteiger charge is 2.13. The summed E-state index contributed by atoms with van der Waals surface area (Å²) in [6.45, 7) is 4.34. The Labute approximate surface area is 123 Å². The Bertz CT molecular complexity index is 659. The molecule has 0 unspecified atom stereocenters. The predicted molar refractivity (Wildman–Crippen MR) is 80.4 cm³/mol. The minimum Gasteiger partial charge on any atom is -0.353 e. The number of benzene rings is 1. The minimum absolute atomic E-state index is 0.0314. The molecule has 1 aromatic carbocycles. The van der Waals surface area contributed by atoms with Gasteiger partial charge in [-0.15, -0.1) is 0 Å². The van der Waals surface area contributed by atoms with Crippen LogP contribution in [0.4, 0.5) is 5.69 Å². The summed E-state index contributed by atoms with van der Waals surface area (Å²) in [4.78, 5) is 22.5. The van der Waals surface area contributed by atoms with Gasteiger partial charge in [0.05, 0.1) is 4.92 Å². The number of nitro benzene ring substituents is 1. The third-order valence-electron chi connectivity index (χ3n) is 3.39. The number of aromatic nitrogens is 1. The van der Waals surface area contributed by atoms with Crippen LogP contribution >= 0.6 is 0 Å². The van der Waals surface area contributed by atoms with E-state index in [1.54, 1.807) is 30.5 Å². The highest BCUT2D eigenvalue weighted by molar-refractivity contribution is 5.97. The van der Waals surface area contributed by atoms with E-state index in [4.69, 9.17) is 0 Å². The van der Waals surface area contributed by atoms with E-state index >= 15 is 0 Å². The zero-order valence-corrected chi connectivity index (χ0v) is 12.2. The lowest BCUT2D eigenvalue weighted by molar-refractivity contribution is -0.385. The fraction of sp³-hybridized carbons (Fsp3) is 0.312. The summed E-state index contributed by atoms with van der Waals surface area (Å²) in [7, 11) is 0. The number of ketones is 1. The van der Waals surface area contributed by atoms with Crippen LogP contribution in [0.2, 0.25) is 0 Å². The molecule has 0 radical (unpaired) electrons. The molecule has 0 N–H and O–H groups in total. The van der Waals surface area contributed by atoms with Gasteiger partial charge in [0, 0.05) is 42.0 Å². The van der Waals surface area contributed by atoms with Gasteiger partial charge in [0.2, 0.25) is 0 Å². The van der Waals surface area contributed by atoms with E-state index < -0.39 is 0 Å². The Morgan fingerprint density at radius 1 is 1.29 bits per heavy atom. The van der Waals surface area contributed by atoms with Crippen molar-refractivity contribution < 1.29 is 9.72 Å². The quantitative estimate of drug-likeness (QED) is 0.464. The molecule has 0 amide bonds. The number of carbonyl (C=O) groups is 1. The van der Waals surface area contributed by atoms with Crippen LogP contribution in [0, 0.1) is 16.0 Å². The van der Waals surface area contributed by atoms with Gasteiger partial charge in [0.1, 0.15) is 0 Å². The number of hydrogen-bond donors (Lipinski definition) is 0. The molecular weight excluding hydrogens is 268 g/mol. The predicted octanol–water partition coefficient (Wildman–Crippen LogP) is 3.48. The molecule has 0 atom stereocenters. The van der Waals surface area contributed by atoms with Gasteiger partial charge in [-0.2, -0.15) is 0 Å². The fourth-order valence-electron chi connectivity index (χ4n) is 2.21. The van der Waals surface area contributed by atoms with E-state index in [1.165, 1.54) is 6.07 Å². The second-order valence-electron chi connectivity index (χ2n) is 5.29. The monoisotopic (exact) mass is 286 g/mol. The van der Waals surface area contributed by atoms with Crippen LogP contribution in [0.3, 0.4) is 0 Å². The third-order valence-corrected chi connectivity index (χ3v) is 3.39. The summed E-state index contributed by atoms with van der Waals surface area (Å²) in [6.07, 6.45) is 4.20. The van der Waals surface area contributed by atoms with Gasteiger partial charge in [-0.1, -0.05) is 32.0 Å². The molecule has 5 heteroatoms. The lowest BCUT2D eigenvalue weighted by atomic mass is 10.0. The standard InChI is InChI=1S/C16H18N2O3/c1-12(2)16(19)14-8-10-17(11-14)9-7-13-5-3-4-6-15(13)18(20)21/h3-6,8,10-12H,7,9H2,1-2H3. The van der Waals surface area contributed by atoms with E-state index in [0.29, 0.717) is 24.1 Å². The molecule has 2 rings (SSSR count). The zero-order valence-electron chi connectivity index (χ0n) is 12.2. The zero-order chi connectivity index (χ0) is 15.4. The molecule has 5 nitrogen and oxygen atoms in total. The maximum Gasteiger partial charge on any atom is 0.272 e. The second-order valence-corrected chi connectivity index (χ2v) is 5.29. The van der Waals surface area contributed by atoms with Crippen molar-refractivity contribution in [2.45, 2.75) is 26.8 Å². The van der Waals surface area contributed by atoms with E-state index in [0.717, 1.165) is 0 Å². The minimum atomic E-state index is -0.362. The van der Waals surface area contributed by atoms with Crippen molar-refractivity contribution >= 4 is 11.5 Å². The molecule has 0 saturated carbocycles. The number of Topliss-reactive ketones (excluding diaryl/α,β-unsaturated/α-hetero) is 1. The summed E-state index contributed by atoms with van der Waals surface area (Å²) in [5.74, 6) is 0.0792. The second kappa shape index (κ2) is 6.35. The number of carbonyl (C=O) groups excluding carboxylic acids is 1. The lowest BCUT2D eigenvalue weighted by Gasteiger charge is -2.04. The van der Waals surface area contributed by atoms with Gasteiger partial charge in [-0.25, -0.2) is 0 Å². The van der Waals surface area contributed by atoms with E-state index in [1.807, 2.05) is 24.6 Å². The lowest BCUT2D eigenvalue weighted by Crippen LogP contribution is -2.06.